The van der Waals surface area contributed by atoms with Crippen LogP contribution in [0.3, 0.4) is 0 Å². The molecule has 1 aliphatic rings. The van der Waals surface area contributed by atoms with Crippen LogP contribution < -0.4 is 5.32 Å². The van der Waals surface area contributed by atoms with Crippen LogP contribution in [0.1, 0.15) is 6.42 Å². The number of aldehydes is 1. The van der Waals surface area contributed by atoms with Gasteiger partial charge in [0.1, 0.15) is 6.29 Å². The first-order valence-electron chi connectivity index (χ1n) is 3.76. The molecule has 2 heteroatoms. The third kappa shape index (κ3) is 2.58. The summed E-state index contributed by atoms with van der Waals surface area (Å²) >= 11 is 0. The van der Waals surface area contributed by atoms with Gasteiger partial charge < -0.3 is 5.32 Å². The Kier molecular flexibility index (Phi) is 3.08. The molecule has 0 radical (unpaired) electrons. The van der Waals surface area contributed by atoms with Crippen LogP contribution in [-0.2, 0) is 4.79 Å². The van der Waals surface area contributed by atoms with Crippen molar-refractivity contribution in [1.29, 1.82) is 0 Å². The van der Waals surface area contributed by atoms with Gasteiger partial charge in [-0.3, -0.25) is 4.79 Å². The molecule has 62 valence electrons. The van der Waals surface area contributed by atoms with Gasteiger partial charge in [-0.25, -0.2) is 0 Å². The van der Waals surface area contributed by atoms with E-state index in [2.05, 4.69) is 11.9 Å². The Bertz CT molecular complexity index is 272. The molecule has 2 nitrogen and oxygen atoms in total. The first-order chi connectivity index (χ1) is 5.83. The fourth-order valence-electron chi connectivity index (χ4n) is 0.829. The molecule has 0 saturated heterocycles. The molecule has 1 rings (SSSR count). The van der Waals surface area contributed by atoms with Crippen molar-refractivity contribution in [2.24, 2.45) is 0 Å². The van der Waals surface area contributed by atoms with Gasteiger partial charge in [0.25, 0.3) is 0 Å². The first kappa shape index (κ1) is 8.53. The van der Waals surface area contributed by atoms with E-state index in [0.717, 1.165) is 17.6 Å². The molecule has 1 heterocycles. The lowest BCUT2D eigenvalue weighted by molar-refractivity contribution is -0.105. The number of allylic oxidation sites excluding steroid dienone is 5. The van der Waals surface area contributed by atoms with Crippen molar-refractivity contribution in [3.8, 4) is 0 Å². The Morgan fingerprint density at radius 2 is 2.33 bits per heavy atom. The van der Waals surface area contributed by atoms with Gasteiger partial charge in [-0.2, -0.15) is 0 Å². The molecule has 0 spiro atoms. The maximum absolute atomic E-state index is 10.5. The molecule has 0 atom stereocenters. The molecule has 0 bridgehead atoms. The number of hydrogen-bond acceptors (Lipinski definition) is 2. The zero-order valence-corrected chi connectivity index (χ0v) is 6.79. The summed E-state index contributed by atoms with van der Waals surface area (Å²) in [5.41, 5.74) is 1.50. The second kappa shape index (κ2) is 4.34. The maximum atomic E-state index is 10.5. The quantitative estimate of drug-likeness (QED) is 0.593. The summed E-state index contributed by atoms with van der Waals surface area (Å²) in [6.07, 6.45) is 10.7. The van der Waals surface area contributed by atoms with E-state index in [1.807, 2.05) is 24.3 Å². The normalized spacial score (nSPS) is 26.7. The minimum absolute atomic E-state index is 0.661. The van der Waals surface area contributed by atoms with Gasteiger partial charge in [-0.05, 0) is 12.5 Å². The lowest BCUT2D eigenvalue weighted by atomic mass is 10.2. The zero-order valence-electron chi connectivity index (χ0n) is 6.79. The highest BCUT2D eigenvalue weighted by molar-refractivity contribution is 5.73. The molecule has 0 aromatic rings. The van der Waals surface area contributed by atoms with Gasteiger partial charge in [-0.1, -0.05) is 24.8 Å². The van der Waals surface area contributed by atoms with Gasteiger partial charge in [0.15, 0.2) is 0 Å². The summed E-state index contributed by atoms with van der Waals surface area (Å²) < 4.78 is 0. The molecule has 1 N–H and O–H groups in total. The van der Waals surface area contributed by atoms with E-state index in [4.69, 9.17) is 0 Å². The number of hydrogen-bond donors (Lipinski definition) is 1. The number of rotatable bonds is 1. The van der Waals surface area contributed by atoms with Gasteiger partial charge in [0.2, 0.25) is 0 Å². The van der Waals surface area contributed by atoms with Crippen molar-refractivity contribution in [3.63, 3.8) is 0 Å². The summed E-state index contributed by atoms with van der Waals surface area (Å²) in [4.78, 5) is 10.5. The van der Waals surface area contributed by atoms with Crippen molar-refractivity contribution >= 4 is 6.29 Å². The highest BCUT2D eigenvalue weighted by atomic mass is 16.1. The summed E-state index contributed by atoms with van der Waals surface area (Å²) in [6.45, 7) is 3.73. The maximum Gasteiger partial charge on any atom is 0.147 e. The predicted molar refractivity (Wildman–Crippen MR) is 49.3 cm³/mol. The predicted octanol–water partition coefficient (Wildman–Crippen LogP) is 1.69. The van der Waals surface area contributed by atoms with E-state index in [9.17, 15) is 4.79 Å². The van der Waals surface area contributed by atoms with E-state index in [1.165, 1.54) is 0 Å². The van der Waals surface area contributed by atoms with Crippen LogP contribution in [-0.4, -0.2) is 6.29 Å². The van der Waals surface area contributed by atoms with E-state index in [1.54, 1.807) is 6.20 Å². The summed E-state index contributed by atoms with van der Waals surface area (Å²) in [7, 11) is 0. The summed E-state index contributed by atoms with van der Waals surface area (Å²) in [5, 5.41) is 2.91. The third-order valence-electron chi connectivity index (χ3n) is 1.49. The molecule has 1 aliphatic heterocycles. The summed E-state index contributed by atoms with van der Waals surface area (Å²) in [5.74, 6) is 0. The molecule has 0 aromatic heterocycles. The molecular weight excluding hydrogens is 150 g/mol. The van der Waals surface area contributed by atoms with Crippen molar-refractivity contribution in [1.82, 2.24) is 5.32 Å². The Morgan fingerprint density at radius 1 is 1.50 bits per heavy atom. The van der Waals surface area contributed by atoms with Crippen molar-refractivity contribution in [2.45, 2.75) is 6.42 Å². The van der Waals surface area contributed by atoms with Gasteiger partial charge >= 0.3 is 0 Å². The van der Waals surface area contributed by atoms with Crippen LogP contribution in [0.15, 0.2) is 48.4 Å². The smallest absolute Gasteiger partial charge is 0.147 e. The fraction of sp³-hybridized carbons (Fsp3) is 0.100. The topological polar surface area (TPSA) is 29.1 Å². The monoisotopic (exact) mass is 161 g/mol. The van der Waals surface area contributed by atoms with Crippen LogP contribution >= 0.6 is 0 Å². The molecule has 12 heavy (non-hydrogen) atoms. The van der Waals surface area contributed by atoms with Crippen LogP contribution in [0.25, 0.3) is 0 Å². The molecule has 0 aliphatic carbocycles. The highest BCUT2D eigenvalue weighted by Crippen LogP contribution is 2.01. The SMILES string of the molecule is C=C1/C=C\C=C/C/C(C=O)=C\N1. The first-order valence-corrected chi connectivity index (χ1v) is 3.76. The Balaban J connectivity index is 2.77. The van der Waals surface area contributed by atoms with Gasteiger partial charge in [0, 0.05) is 17.5 Å². The van der Waals surface area contributed by atoms with Crippen molar-refractivity contribution < 1.29 is 4.79 Å². The average Bonchev–Trinajstić information content (AvgIpc) is 2.17. The third-order valence-corrected chi connectivity index (χ3v) is 1.49. The number of carbonyl (C=O) groups is 1. The largest absolute Gasteiger partial charge is 0.362 e. The van der Waals surface area contributed by atoms with E-state index >= 15 is 0 Å². The fourth-order valence-corrected chi connectivity index (χ4v) is 0.829. The Hall–Kier alpha value is -1.57. The van der Waals surface area contributed by atoms with E-state index in [0.29, 0.717) is 6.42 Å². The lowest BCUT2D eigenvalue weighted by Crippen LogP contribution is -2.02. The van der Waals surface area contributed by atoms with Crippen LogP contribution in [0.5, 0.6) is 0 Å². The van der Waals surface area contributed by atoms with E-state index < -0.39 is 0 Å². The molecule has 0 aromatic carbocycles. The lowest BCUT2D eigenvalue weighted by Gasteiger charge is -1.98. The average molecular weight is 161 g/mol. The molecule has 0 unspecified atom stereocenters. The molecule has 0 saturated carbocycles. The molecular formula is C10H11NO. The molecule has 0 fully saturated rings. The van der Waals surface area contributed by atoms with Crippen LogP contribution in [0.4, 0.5) is 0 Å². The van der Waals surface area contributed by atoms with Crippen LogP contribution in [0, 0.1) is 0 Å². The van der Waals surface area contributed by atoms with Gasteiger partial charge in [0.05, 0.1) is 0 Å². The highest BCUT2D eigenvalue weighted by Gasteiger charge is 1.92. The van der Waals surface area contributed by atoms with Crippen LogP contribution in [0.2, 0.25) is 0 Å². The molecule has 0 amide bonds. The summed E-state index contributed by atoms with van der Waals surface area (Å²) in [6, 6.07) is 0. The number of nitrogens with one attached hydrogen (secondary N) is 1. The second-order valence-corrected chi connectivity index (χ2v) is 2.50. The standard InChI is InChI=1S/C10H11NO/c1-9-5-3-2-4-6-10(8-12)7-11-9/h2-5,7-8,11H,1,6H2/b4-2-,5-3-,10-7+. The van der Waals surface area contributed by atoms with E-state index in [-0.39, 0.29) is 0 Å². The minimum Gasteiger partial charge on any atom is -0.362 e. The van der Waals surface area contributed by atoms with Crippen molar-refractivity contribution in [3.05, 3.63) is 48.4 Å². The Labute approximate surface area is 72.0 Å². The zero-order chi connectivity index (χ0) is 8.81. The number of carbonyl (C=O) groups excluding carboxylic acids is 1. The minimum atomic E-state index is 0.661. The Morgan fingerprint density at radius 3 is 3.08 bits per heavy atom. The van der Waals surface area contributed by atoms with Crippen molar-refractivity contribution in [2.75, 3.05) is 0 Å². The van der Waals surface area contributed by atoms with Gasteiger partial charge in [-0.15, -0.1) is 0 Å². The second-order valence-electron chi connectivity index (χ2n) is 2.50.